The second kappa shape index (κ2) is 7.14. The summed E-state index contributed by atoms with van der Waals surface area (Å²) in [5.41, 5.74) is 0.719. The van der Waals surface area contributed by atoms with Crippen LogP contribution in [-0.2, 0) is 6.61 Å². The van der Waals surface area contributed by atoms with Gasteiger partial charge in [0.05, 0.1) is 12.5 Å². The Morgan fingerprint density at radius 3 is 2.33 bits per heavy atom. The number of benzene rings is 3. The molecule has 0 N–H and O–H groups in total. The molecule has 0 radical (unpaired) electrons. The van der Waals surface area contributed by atoms with Gasteiger partial charge in [0.15, 0.2) is 0 Å². The van der Waals surface area contributed by atoms with Crippen LogP contribution in [0, 0.1) is 0 Å². The number of hydrogen-bond acceptors (Lipinski definition) is 4. The van der Waals surface area contributed by atoms with Gasteiger partial charge in [-0.05, 0) is 42.5 Å². The van der Waals surface area contributed by atoms with E-state index in [0.717, 1.165) is 10.8 Å². The number of halogens is 2. The van der Waals surface area contributed by atoms with Crippen LogP contribution in [0.5, 0.6) is 11.5 Å². The average molecular weight is 401 g/mol. The van der Waals surface area contributed by atoms with Crippen LogP contribution in [0.3, 0.4) is 0 Å². The molecule has 0 spiro atoms. The molecule has 0 fully saturated rings. The summed E-state index contributed by atoms with van der Waals surface area (Å²) in [5, 5.41) is 3.15. The lowest BCUT2D eigenvalue weighted by molar-refractivity contribution is 0.306. The van der Waals surface area contributed by atoms with Gasteiger partial charge in [0.25, 0.3) is 0 Å². The molecule has 0 unspecified atom stereocenters. The number of hydrogen-bond donors (Lipinski definition) is 0. The highest BCUT2D eigenvalue weighted by Gasteiger charge is 2.11. The van der Waals surface area contributed by atoms with Gasteiger partial charge in [-0.3, -0.25) is 0 Å². The first kappa shape index (κ1) is 17.7. The van der Waals surface area contributed by atoms with Crippen LogP contribution in [0.4, 0.5) is 0 Å². The summed E-state index contributed by atoms with van der Waals surface area (Å²) < 4.78 is 16.5. The highest BCUT2D eigenvalue weighted by molar-refractivity contribution is 6.35. The minimum absolute atomic E-state index is 0.207. The highest BCUT2D eigenvalue weighted by Crippen LogP contribution is 2.30. The lowest BCUT2D eigenvalue weighted by atomic mass is 10.1. The van der Waals surface area contributed by atoms with E-state index in [9.17, 15) is 4.79 Å². The summed E-state index contributed by atoms with van der Waals surface area (Å²) >= 11 is 12.3. The molecule has 0 aliphatic rings. The van der Waals surface area contributed by atoms with E-state index in [1.807, 2.05) is 24.3 Å². The van der Waals surface area contributed by atoms with E-state index in [-0.39, 0.29) is 6.61 Å². The third kappa shape index (κ3) is 3.34. The third-order valence-corrected chi connectivity index (χ3v) is 5.05. The molecule has 3 aromatic carbocycles. The maximum Gasteiger partial charge on any atom is 0.344 e. The monoisotopic (exact) mass is 400 g/mol. The Bertz CT molecular complexity index is 1190. The van der Waals surface area contributed by atoms with Crippen molar-refractivity contribution in [3.63, 3.8) is 0 Å². The average Bonchev–Trinajstić information content (AvgIpc) is 2.67. The van der Waals surface area contributed by atoms with Crippen LogP contribution in [0.1, 0.15) is 5.56 Å². The van der Waals surface area contributed by atoms with Gasteiger partial charge in [0, 0.05) is 32.4 Å². The Hall–Kier alpha value is -2.69. The maximum atomic E-state index is 12.3. The zero-order valence-corrected chi connectivity index (χ0v) is 15.8. The second-order valence-electron chi connectivity index (χ2n) is 5.95. The largest absolute Gasteiger partial charge is 0.497 e. The van der Waals surface area contributed by atoms with Crippen molar-refractivity contribution in [2.45, 2.75) is 6.61 Å². The number of fused-ring (bicyclic) bond motifs is 3. The van der Waals surface area contributed by atoms with Gasteiger partial charge in [-0.25, -0.2) is 4.79 Å². The lowest BCUT2D eigenvalue weighted by Crippen LogP contribution is -2.01. The number of rotatable bonds is 4. The first-order valence-electron chi connectivity index (χ1n) is 8.17. The molecule has 4 nitrogen and oxygen atoms in total. The quantitative estimate of drug-likeness (QED) is 0.318. The fourth-order valence-corrected chi connectivity index (χ4v) is 3.44. The molecule has 0 aliphatic heterocycles. The smallest absolute Gasteiger partial charge is 0.344 e. The van der Waals surface area contributed by atoms with Crippen LogP contribution in [0.2, 0.25) is 10.0 Å². The Morgan fingerprint density at radius 1 is 0.889 bits per heavy atom. The summed E-state index contributed by atoms with van der Waals surface area (Å²) in [5.74, 6) is 1.15. The van der Waals surface area contributed by atoms with Gasteiger partial charge >= 0.3 is 5.63 Å². The molecule has 0 bridgehead atoms. The minimum atomic E-state index is -0.428. The van der Waals surface area contributed by atoms with Crippen molar-refractivity contribution in [2.75, 3.05) is 7.11 Å². The van der Waals surface area contributed by atoms with E-state index >= 15 is 0 Å². The Labute approximate surface area is 164 Å². The predicted octanol–water partition coefficient (Wildman–Crippen LogP) is 5.84. The summed E-state index contributed by atoms with van der Waals surface area (Å²) in [6.45, 7) is 0.207. The number of methoxy groups -OCH3 is 1. The Kier molecular flexibility index (Phi) is 4.68. The molecule has 1 aromatic heterocycles. The molecular formula is C21H14Cl2O4. The Morgan fingerprint density at radius 2 is 1.59 bits per heavy atom. The van der Waals surface area contributed by atoms with E-state index in [0.29, 0.717) is 38.1 Å². The molecule has 4 aromatic rings. The van der Waals surface area contributed by atoms with Crippen LogP contribution in [0.25, 0.3) is 21.7 Å². The van der Waals surface area contributed by atoms with E-state index < -0.39 is 5.63 Å². The maximum absolute atomic E-state index is 12.3. The molecule has 6 heteroatoms. The summed E-state index contributed by atoms with van der Waals surface area (Å²) in [4.78, 5) is 12.3. The summed E-state index contributed by atoms with van der Waals surface area (Å²) in [7, 11) is 1.55. The molecule has 0 saturated heterocycles. The van der Waals surface area contributed by atoms with Crippen molar-refractivity contribution in [1.82, 2.24) is 0 Å². The van der Waals surface area contributed by atoms with Crippen molar-refractivity contribution in [1.29, 1.82) is 0 Å². The molecule has 4 rings (SSSR count). The molecule has 27 heavy (non-hydrogen) atoms. The zero-order valence-electron chi connectivity index (χ0n) is 14.3. The summed E-state index contributed by atoms with van der Waals surface area (Å²) in [6.07, 6.45) is 0. The van der Waals surface area contributed by atoms with Crippen molar-refractivity contribution in [2.24, 2.45) is 0 Å². The van der Waals surface area contributed by atoms with Crippen molar-refractivity contribution < 1.29 is 13.9 Å². The Balaban J connectivity index is 1.72. The standard InChI is InChI=1S/C21H14Cl2O4/c1-25-12-5-7-14-15-8-6-13(10-20(15)27-21(24)16(14)9-12)26-11-17-18(22)3-2-4-19(17)23/h2-10H,11H2,1H3. The van der Waals surface area contributed by atoms with Gasteiger partial charge in [-0.15, -0.1) is 0 Å². The first-order valence-corrected chi connectivity index (χ1v) is 8.93. The third-order valence-electron chi connectivity index (χ3n) is 4.34. The fourth-order valence-electron chi connectivity index (χ4n) is 2.93. The van der Waals surface area contributed by atoms with Gasteiger partial charge in [-0.1, -0.05) is 29.3 Å². The van der Waals surface area contributed by atoms with Crippen molar-refractivity contribution >= 4 is 44.9 Å². The van der Waals surface area contributed by atoms with Crippen molar-refractivity contribution in [3.8, 4) is 11.5 Å². The van der Waals surface area contributed by atoms with E-state index in [1.165, 1.54) is 0 Å². The molecule has 0 saturated carbocycles. The topological polar surface area (TPSA) is 48.7 Å². The minimum Gasteiger partial charge on any atom is -0.497 e. The van der Waals surface area contributed by atoms with Crippen LogP contribution in [-0.4, -0.2) is 7.11 Å². The van der Waals surface area contributed by atoms with Crippen molar-refractivity contribution in [3.05, 3.63) is 80.6 Å². The molecule has 0 amide bonds. The first-order chi connectivity index (χ1) is 13.1. The zero-order chi connectivity index (χ0) is 19.0. The van der Waals surface area contributed by atoms with E-state index in [4.69, 9.17) is 37.1 Å². The van der Waals surface area contributed by atoms with Gasteiger partial charge in [0.2, 0.25) is 0 Å². The van der Waals surface area contributed by atoms with Gasteiger partial charge < -0.3 is 13.9 Å². The van der Waals surface area contributed by atoms with E-state index in [2.05, 4.69) is 0 Å². The molecule has 136 valence electrons. The van der Waals surface area contributed by atoms with Crippen LogP contribution < -0.4 is 15.1 Å². The number of ether oxygens (including phenoxy) is 2. The molecule has 0 atom stereocenters. The van der Waals surface area contributed by atoms with Crippen LogP contribution in [0.15, 0.2) is 63.8 Å². The summed E-state index contributed by atoms with van der Waals surface area (Å²) in [6, 6.07) is 16.0. The van der Waals surface area contributed by atoms with Gasteiger partial charge in [-0.2, -0.15) is 0 Å². The predicted molar refractivity (Wildman–Crippen MR) is 107 cm³/mol. The lowest BCUT2D eigenvalue weighted by Gasteiger charge is -2.10. The molecule has 0 aliphatic carbocycles. The molecule has 1 heterocycles. The molecular weight excluding hydrogens is 387 g/mol. The van der Waals surface area contributed by atoms with E-state index in [1.54, 1.807) is 37.4 Å². The normalized spacial score (nSPS) is 11.1. The van der Waals surface area contributed by atoms with Gasteiger partial charge in [0.1, 0.15) is 23.7 Å². The SMILES string of the molecule is COc1ccc2c(c1)c(=O)oc1cc(OCc3c(Cl)cccc3Cl)ccc12. The fraction of sp³-hybridized carbons (Fsp3) is 0.0952. The second-order valence-corrected chi connectivity index (χ2v) is 6.76. The van der Waals surface area contributed by atoms with Crippen LogP contribution >= 0.6 is 23.2 Å². The highest BCUT2D eigenvalue weighted by atomic mass is 35.5.